The third-order valence-corrected chi connectivity index (χ3v) is 4.96. The standard InChI is InChI=1S/C26H22N2O3/c1-18(31-24-16-15-20-9-5-6-10-23(20)17-24)25(29)27-28-26(30)22-13-11-21(12-14-22)19-7-3-2-4-8-19/h2-18H,1H3,(H,27,29)(H,28,30)/t18-/m1/s1. The van der Waals surface area contributed by atoms with Crippen molar-refractivity contribution in [2.24, 2.45) is 0 Å². The van der Waals surface area contributed by atoms with E-state index in [1.54, 1.807) is 19.1 Å². The van der Waals surface area contributed by atoms with Gasteiger partial charge in [0.1, 0.15) is 5.75 Å². The smallest absolute Gasteiger partial charge is 0.279 e. The Morgan fingerprint density at radius 2 is 1.35 bits per heavy atom. The van der Waals surface area contributed by atoms with Gasteiger partial charge in [0.2, 0.25) is 0 Å². The summed E-state index contributed by atoms with van der Waals surface area (Å²) >= 11 is 0. The maximum atomic E-state index is 12.4. The topological polar surface area (TPSA) is 67.4 Å². The van der Waals surface area contributed by atoms with Crippen LogP contribution in [-0.4, -0.2) is 17.9 Å². The number of carbonyl (C=O) groups is 2. The van der Waals surface area contributed by atoms with Crippen molar-refractivity contribution in [2.45, 2.75) is 13.0 Å². The minimum absolute atomic E-state index is 0.397. The molecule has 0 aliphatic rings. The van der Waals surface area contributed by atoms with Gasteiger partial charge in [0.15, 0.2) is 6.10 Å². The molecule has 0 heterocycles. The predicted molar refractivity (Wildman–Crippen MR) is 122 cm³/mol. The first kappa shape index (κ1) is 20.2. The molecule has 0 saturated heterocycles. The largest absolute Gasteiger partial charge is 0.481 e. The first-order valence-corrected chi connectivity index (χ1v) is 10.0. The van der Waals surface area contributed by atoms with Gasteiger partial charge in [-0.25, -0.2) is 0 Å². The quantitative estimate of drug-likeness (QED) is 0.467. The Hall–Kier alpha value is -4.12. The lowest BCUT2D eigenvalue weighted by Gasteiger charge is -2.15. The third-order valence-electron chi connectivity index (χ3n) is 4.96. The highest BCUT2D eigenvalue weighted by atomic mass is 16.5. The molecular formula is C26H22N2O3. The zero-order valence-electron chi connectivity index (χ0n) is 17.0. The van der Waals surface area contributed by atoms with Gasteiger partial charge < -0.3 is 4.74 Å². The summed E-state index contributed by atoms with van der Waals surface area (Å²) in [6.07, 6.45) is -0.776. The lowest BCUT2D eigenvalue weighted by atomic mass is 10.0. The molecule has 0 spiro atoms. The second kappa shape index (κ2) is 9.13. The summed E-state index contributed by atoms with van der Waals surface area (Å²) in [5.74, 6) is -0.252. The van der Waals surface area contributed by atoms with Crippen molar-refractivity contribution < 1.29 is 14.3 Å². The fourth-order valence-corrected chi connectivity index (χ4v) is 3.24. The summed E-state index contributed by atoms with van der Waals surface area (Å²) in [6.45, 7) is 1.63. The number of ether oxygens (including phenoxy) is 1. The molecule has 0 aliphatic heterocycles. The highest BCUT2D eigenvalue weighted by Crippen LogP contribution is 2.21. The molecule has 0 aromatic heterocycles. The van der Waals surface area contributed by atoms with Crippen LogP contribution in [0.5, 0.6) is 5.75 Å². The van der Waals surface area contributed by atoms with Crippen molar-refractivity contribution in [1.82, 2.24) is 10.9 Å². The zero-order chi connectivity index (χ0) is 21.6. The summed E-state index contributed by atoms with van der Waals surface area (Å²) in [7, 11) is 0. The number of hydrogen-bond acceptors (Lipinski definition) is 3. The Kier molecular flexibility index (Phi) is 5.94. The van der Waals surface area contributed by atoms with Crippen LogP contribution < -0.4 is 15.6 Å². The van der Waals surface area contributed by atoms with E-state index < -0.39 is 17.9 Å². The molecule has 4 aromatic rings. The number of hydrazine groups is 1. The van der Waals surface area contributed by atoms with Gasteiger partial charge in [0, 0.05) is 5.56 Å². The van der Waals surface area contributed by atoms with Gasteiger partial charge in [-0.2, -0.15) is 0 Å². The average molecular weight is 410 g/mol. The highest BCUT2D eigenvalue weighted by molar-refractivity contribution is 5.96. The van der Waals surface area contributed by atoms with Gasteiger partial charge in [0.25, 0.3) is 11.8 Å². The highest BCUT2D eigenvalue weighted by Gasteiger charge is 2.16. The van der Waals surface area contributed by atoms with Crippen molar-refractivity contribution in [1.29, 1.82) is 0 Å². The van der Waals surface area contributed by atoms with Crippen molar-refractivity contribution in [2.75, 3.05) is 0 Å². The second-order valence-corrected chi connectivity index (χ2v) is 7.16. The molecule has 1 atom stereocenters. The summed E-state index contributed by atoms with van der Waals surface area (Å²) < 4.78 is 5.72. The van der Waals surface area contributed by atoms with Crippen LogP contribution >= 0.6 is 0 Å². The van der Waals surface area contributed by atoms with E-state index in [0.717, 1.165) is 21.9 Å². The molecular weight excluding hydrogens is 388 g/mol. The molecule has 2 amide bonds. The fourth-order valence-electron chi connectivity index (χ4n) is 3.24. The van der Waals surface area contributed by atoms with Gasteiger partial charge in [0.05, 0.1) is 0 Å². The molecule has 0 aliphatic carbocycles. The van der Waals surface area contributed by atoms with Gasteiger partial charge in [-0.1, -0.05) is 72.8 Å². The molecule has 31 heavy (non-hydrogen) atoms. The van der Waals surface area contributed by atoms with E-state index >= 15 is 0 Å². The summed E-state index contributed by atoms with van der Waals surface area (Å²) in [5.41, 5.74) is 7.39. The molecule has 0 saturated carbocycles. The minimum atomic E-state index is -0.776. The first-order valence-electron chi connectivity index (χ1n) is 10.0. The summed E-state index contributed by atoms with van der Waals surface area (Å²) in [6, 6.07) is 30.6. The van der Waals surface area contributed by atoms with Crippen LogP contribution in [0, 0.1) is 0 Å². The normalized spacial score (nSPS) is 11.5. The number of hydrogen-bond donors (Lipinski definition) is 2. The van der Waals surface area contributed by atoms with Gasteiger partial charge >= 0.3 is 0 Å². The Balaban J connectivity index is 1.32. The summed E-state index contributed by atoms with van der Waals surface area (Å²) in [4.78, 5) is 24.7. The molecule has 0 fully saturated rings. The van der Waals surface area contributed by atoms with Crippen LogP contribution in [0.1, 0.15) is 17.3 Å². The van der Waals surface area contributed by atoms with Crippen LogP contribution in [0.15, 0.2) is 97.1 Å². The van der Waals surface area contributed by atoms with Crippen molar-refractivity contribution in [3.63, 3.8) is 0 Å². The maximum absolute atomic E-state index is 12.4. The molecule has 5 nitrogen and oxygen atoms in total. The van der Waals surface area contributed by atoms with E-state index in [4.69, 9.17) is 4.74 Å². The SMILES string of the molecule is C[C@@H](Oc1ccc2ccccc2c1)C(=O)NNC(=O)c1ccc(-c2ccccc2)cc1. The van der Waals surface area contributed by atoms with E-state index in [1.165, 1.54) is 0 Å². The number of amides is 2. The molecule has 0 unspecified atom stereocenters. The first-order chi connectivity index (χ1) is 15.1. The van der Waals surface area contributed by atoms with E-state index in [-0.39, 0.29) is 0 Å². The number of fused-ring (bicyclic) bond motifs is 1. The van der Waals surface area contributed by atoms with Crippen LogP contribution in [0.25, 0.3) is 21.9 Å². The molecule has 0 bridgehead atoms. The third kappa shape index (κ3) is 4.90. The molecule has 4 rings (SSSR count). The van der Waals surface area contributed by atoms with Gasteiger partial charge in [-0.05, 0) is 53.1 Å². The van der Waals surface area contributed by atoms with Gasteiger partial charge in [-0.3, -0.25) is 20.4 Å². The molecule has 5 heteroatoms. The van der Waals surface area contributed by atoms with Crippen molar-refractivity contribution in [3.8, 4) is 16.9 Å². The lowest BCUT2D eigenvalue weighted by molar-refractivity contribution is -0.128. The average Bonchev–Trinajstić information content (AvgIpc) is 2.83. The molecule has 2 N–H and O–H groups in total. The van der Waals surface area contributed by atoms with Crippen LogP contribution in [0.2, 0.25) is 0 Å². The Morgan fingerprint density at radius 3 is 2.10 bits per heavy atom. The Labute approximate surface area is 180 Å². The monoisotopic (exact) mass is 410 g/mol. The second-order valence-electron chi connectivity index (χ2n) is 7.16. The Bertz CT molecular complexity index is 1200. The van der Waals surface area contributed by atoms with E-state index in [1.807, 2.05) is 84.9 Å². The lowest BCUT2D eigenvalue weighted by Crippen LogP contribution is -2.47. The number of nitrogens with one attached hydrogen (secondary N) is 2. The molecule has 0 radical (unpaired) electrons. The zero-order valence-corrected chi connectivity index (χ0v) is 17.0. The number of benzene rings is 4. The van der Waals surface area contributed by atoms with E-state index in [2.05, 4.69) is 10.9 Å². The summed E-state index contributed by atoms with van der Waals surface area (Å²) in [5, 5.41) is 2.12. The van der Waals surface area contributed by atoms with Crippen molar-refractivity contribution in [3.05, 3.63) is 103 Å². The van der Waals surface area contributed by atoms with Crippen molar-refractivity contribution >= 4 is 22.6 Å². The maximum Gasteiger partial charge on any atom is 0.279 e. The van der Waals surface area contributed by atoms with E-state index in [0.29, 0.717) is 11.3 Å². The van der Waals surface area contributed by atoms with E-state index in [9.17, 15) is 9.59 Å². The fraction of sp³-hybridized carbons (Fsp3) is 0.0769. The van der Waals surface area contributed by atoms with Crippen LogP contribution in [-0.2, 0) is 4.79 Å². The molecule has 154 valence electrons. The Morgan fingerprint density at radius 1 is 0.710 bits per heavy atom. The van der Waals surface area contributed by atoms with Crippen LogP contribution in [0.4, 0.5) is 0 Å². The van der Waals surface area contributed by atoms with Gasteiger partial charge in [-0.15, -0.1) is 0 Å². The minimum Gasteiger partial charge on any atom is -0.481 e. The molecule has 4 aromatic carbocycles. The van der Waals surface area contributed by atoms with Crippen LogP contribution in [0.3, 0.4) is 0 Å². The predicted octanol–water partition coefficient (Wildman–Crippen LogP) is 4.74. The number of carbonyl (C=O) groups excluding carboxylic acids is 2. The number of rotatable bonds is 5.